The number of aromatic nitrogens is 3. The van der Waals surface area contributed by atoms with Gasteiger partial charge in [-0.1, -0.05) is 24.3 Å². The fourth-order valence-corrected chi connectivity index (χ4v) is 4.56. The molecule has 2 aromatic carbocycles. The van der Waals surface area contributed by atoms with Gasteiger partial charge in [0.2, 0.25) is 6.39 Å². The standard InChI is InChI=1S/C22H12F9N3O2S/c23-12-4-1-10(2-5-12)7-15-16(37-19(33-15)18-34-32-9-36-18)13-6-3-11(8-14(13)17(24)25)20(35,21(26,27)28)22(29,30)31/h1-6,8-9,17,35H,7H2. The summed E-state index contributed by atoms with van der Waals surface area (Å²) >= 11 is 0.727. The van der Waals surface area contributed by atoms with Gasteiger partial charge in [0, 0.05) is 23.1 Å². The van der Waals surface area contributed by atoms with Crippen LogP contribution in [0.2, 0.25) is 0 Å². The van der Waals surface area contributed by atoms with E-state index in [1.165, 1.54) is 12.1 Å². The van der Waals surface area contributed by atoms with E-state index in [9.17, 15) is 44.6 Å². The summed E-state index contributed by atoms with van der Waals surface area (Å²) in [4.78, 5) is 4.23. The molecule has 2 aromatic heterocycles. The van der Waals surface area contributed by atoms with Crippen LogP contribution >= 0.6 is 11.3 Å². The van der Waals surface area contributed by atoms with Gasteiger partial charge in [-0.05, 0) is 23.8 Å². The Morgan fingerprint density at radius 1 is 0.946 bits per heavy atom. The van der Waals surface area contributed by atoms with Crippen LogP contribution in [0, 0.1) is 5.82 Å². The minimum absolute atomic E-state index is 0.0330. The van der Waals surface area contributed by atoms with Gasteiger partial charge in [-0.25, -0.2) is 18.2 Å². The van der Waals surface area contributed by atoms with E-state index in [1.54, 1.807) is 0 Å². The van der Waals surface area contributed by atoms with Gasteiger partial charge < -0.3 is 9.52 Å². The van der Waals surface area contributed by atoms with Gasteiger partial charge in [-0.2, -0.15) is 26.3 Å². The molecule has 0 saturated heterocycles. The predicted octanol–water partition coefficient (Wildman–Crippen LogP) is 6.84. The van der Waals surface area contributed by atoms with Gasteiger partial charge in [-0.15, -0.1) is 21.5 Å². The molecule has 0 aliphatic carbocycles. The first-order valence-electron chi connectivity index (χ1n) is 10.0. The first kappa shape index (κ1) is 26.6. The molecule has 196 valence electrons. The zero-order valence-corrected chi connectivity index (χ0v) is 18.7. The largest absolute Gasteiger partial charge is 0.430 e. The maximum absolute atomic E-state index is 14.0. The SMILES string of the molecule is OC(c1ccc(-c2sc(-c3nnco3)nc2Cc2ccc(F)cc2)c(C(F)F)c1)(C(F)(F)F)C(F)(F)F. The Kier molecular flexibility index (Phi) is 6.79. The lowest BCUT2D eigenvalue weighted by molar-refractivity contribution is -0.376. The maximum Gasteiger partial charge on any atom is 0.430 e. The summed E-state index contributed by atoms with van der Waals surface area (Å²) in [5, 5.41) is 16.8. The van der Waals surface area contributed by atoms with Crippen molar-refractivity contribution in [1.29, 1.82) is 0 Å². The molecule has 37 heavy (non-hydrogen) atoms. The Balaban J connectivity index is 1.90. The van der Waals surface area contributed by atoms with Gasteiger partial charge >= 0.3 is 12.4 Å². The number of nitrogens with zero attached hydrogens (tertiary/aromatic N) is 3. The summed E-state index contributed by atoms with van der Waals surface area (Å²) in [5.74, 6) is -0.665. The summed E-state index contributed by atoms with van der Waals surface area (Å²) in [7, 11) is 0. The molecule has 15 heteroatoms. The zero-order valence-electron chi connectivity index (χ0n) is 17.9. The van der Waals surface area contributed by atoms with Crippen LogP contribution in [0.15, 0.2) is 53.3 Å². The molecule has 0 bridgehead atoms. The highest BCUT2D eigenvalue weighted by atomic mass is 32.1. The van der Waals surface area contributed by atoms with Crippen molar-refractivity contribution in [2.45, 2.75) is 30.8 Å². The van der Waals surface area contributed by atoms with E-state index in [0.717, 1.165) is 29.9 Å². The maximum atomic E-state index is 14.0. The quantitative estimate of drug-likeness (QED) is 0.265. The Bertz CT molecular complexity index is 1370. The van der Waals surface area contributed by atoms with Gasteiger partial charge in [0.25, 0.3) is 17.9 Å². The number of aliphatic hydroxyl groups is 1. The van der Waals surface area contributed by atoms with E-state index in [4.69, 9.17) is 4.42 Å². The summed E-state index contributed by atoms with van der Waals surface area (Å²) < 4.78 is 126. The van der Waals surface area contributed by atoms with Gasteiger partial charge in [-0.3, -0.25) is 0 Å². The average Bonchev–Trinajstić information content (AvgIpc) is 3.48. The molecule has 0 unspecified atom stereocenters. The molecule has 0 atom stereocenters. The summed E-state index contributed by atoms with van der Waals surface area (Å²) in [6.45, 7) is 0. The molecule has 4 aromatic rings. The highest BCUT2D eigenvalue weighted by molar-refractivity contribution is 7.18. The van der Waals surface area contributed by atoms with Gasteiger partial charge in [0.15, 0.2) is 5.01 Å². The second-order valence-electron chi connectivity index (χ2n) is 7.65. The van der Waals surface area contributed by atoms with Crippen molar-refractivity contribution in [2.75, 3.05) is 0 Å². The number of halogens is 9. The molecule has 0 saturated carbocycles. The van der Waals surface area contributed by atoms with E-state index in [-0.39, 0.29) is 40.0 Å². The number of alkyl halides is 8. The molecule has 2 heterocycles. The first-order valence-corrected chi connectivity index (χ1v) is 10.8. The third-order valence-electron chi connectivity index (χ3n) is 5.29. The van der Waals surface area contributed by atoms with Crippen molar-refractivity contribution >= 4 is 11.3 Å². The Morgan fingerprint density at radius 3 is 2.14 bits per heavy atom. The number of hydrogen-bond acceptors (Lipinski definition) is 6. The van der Waals surface area contributed by atoms with Crippen molar-refractivity contribution in [3.05, 3.63) is 77.1 Å². The molecule has 0 amide bonds. The van der Waals surface area contributed by atoms with Crippen molar-refractivity contribution in [2.24, 2.45) is 0 Å². The monoisotopic (exact) mass is 553 g/mol. The van der Waals surface area contributed by atoms with Crippen molar-refractivity contribution in [3.63, 3.8) is 0 Å². The normalized spacial score (nSPS) is 12.9. The molecule has 5 nitrogen and oxygen atoms in total. The van der Waals surface area contributed by atoms with Crippen LogP contribution in [0.4, 0.5) is 39.5 Å². The molecule has 1 N–H and O–H groups in total. The van der Waals surface area contributed by atoms with Crippen molar-refractivity contribution in [3.8, 4) is 21.3 Å². The van der Waals surface area contributed by atoms with Crippen LogP contribution in [0.1, 0.15) is 28.8 Å². The fourth-order valence-electron chi connectivity index (χ4n) is 3.50. The topological polar surface area (TPSA) is 72.0 Å². The molecular formula is C22H12F9N3O2S. The van der Waals surface area contributed by atoms with Gasteiger partial charge in [0.05, 0.1) is 10.6 Å². The van der Waals surface area contributed by atoms with Crippen LogP contribution < -0.4 is 0 Å². The Hall–Kier alpha value is -3.46. The smallest absolute Gasteiger partial charge is 0.422 e. The Morgan fingerprint density at radius 2 is 1.59 bits per heavy atom. The molecule has 0 aliphatic heterocycles. The molecule has 0 spiro atoms. The zero-order chi connectivity index (χ0) is 27.2. The van der Waals surface area contributed by atoms with Crippen molar-refractivity contribution < 1.29 is 49.0 Å². The van der Waals surface area contributed by atoms with E-state index in [2.05, 4.69) is 15.2 Å². The average molecular weight is 553 g/mol. The van der Waals surface area contributed by atoms with Crippen LogP contribution in [0.25, 0.3) is 21.3 Å². The Labute approximate surface area is 205 Å². The van der Waals surface area contributed by atoms with Crippen LogP contribution in [0.3, 0.4) is 0 Å². The number of hydrogen-bond donors (Lipinski definition) is 1. The van der Waals surface area contributed by atoms with Crippen LogP contribution in [-0.4, -0.2) is 32.6 Å². The number of benzene rings is 2. The summed E-state index contributed by atoms with van der Waals surface area (Å²) in [6, 6.07) is 5.90. The molecule has 0 radical (unpaired) electrons. The van der Waals surface area contributed by atoms with Crippen LogP contribution in [-0.2, 0) is 12.0 Å². The van der Waals surface area contributed by atoms with E-state index in [1.807, 2.05) is 0 Å². The lowest BCUT2D eigenvalue weighted by Gasteiger charge is -2.33. The number of thiazole rings is 1. The molecule has 0 fully saturated rings. The first-order chi connectivity index (χ1) is 17.2. The summed E-state index contributed by atoms with van der Waals surface area (Å²) in [6.07, 6.45) is -15.1. The highest BCUT2D eigenvalue weighted by Crippen LogP contribution is 2.51. The molecule has 4 rings (SSSR count). The number of rotatable bonds is 6. The second kappa shape index (κ2) is 9.45. The third-order valence-corrected chi connectivity index (χ3v) is 6.41. The van der Waals surface area contributed by atoms with E-state index >= 15 is 0 Å². The molecular weight excluding hydrogens is 541 g/mol. The van der Waals surface area contributed by atoms with E-state index < -0.39 is 46.9 Å². The van der Waals surface area contributed by atoms with Gasteiger partial charge in [0.1, 0.15) is 5.82 Å². The predicted molar refractivity (Wildman–Crippen MR) is 111 cm³/mol. The lowest BCUT2D eigenvalue weighted by Crippen LogP contribution is -2.54. The van der Waals surface area contributed by atoms with Crippen LogP contribution in [0.5, 0.6) is 0 Å². The summed E-state index contributed by atoms with van der Waals surface area (Å²) in [5.41, 5.74) is -8.28. The minimum atomic E-state index is -6.25. The van der Waals surface area contributed by atoms with E-state index in [0.29, 0.717) is 11.6 Å². The molecule has 0 aliphatic rings. The highest BCUT2D eigenvalue weighted by Gasteiger charge is 2.71. The third kappa shape index (κ3) is 4.92. The minimum Gasteiger partial charge on any atom is -0.422 e. The van der Waals surface area contributed by atoms with Crippen molar-refractivity contribution in [1.82, 2.24) is 15.2 Å². The fraction of sp³-hybridized carbons (Fsp3) is 0.227. The second-order valence-corrected chi connectivity index (χ2v) is 8.65. The lowest BCUT2D eigenvalue weighted by atomic mass is 9.89.